The number of ether oxygens (including phenoxy) is 1. The first kappa shape index (κ1) is 15.1. The Balaban J connectivity index is 2.09. The van der Waals surface area contributed by atoms with Crippen LogP contribution in [0.15, 0.2) is 12.1 Å². The third-order valence-electron chi connectivity index (χ3n) is 3.80. The van der Waals surface area contributed by atoms with Crippen molar-refractivity contribution in [1.82, 2.24) is 9.88 Å². The molecule has 0 unspecified atom stereocenters. The molecule has 1 aromatic heterocycles. The molecule has 2 N–H and O–H groups in total. The zero-order chi connectivity index (χ0) is 14.5. The first-order chi connectivity index (χ1) is 9.60. The number of hydrogen-bond acceptors (Lipinski definition) is 5. The third-order valence-corrected chi connectivity index (χ3v) is 3.80. The summed E-state index contributed by atoms with van der Waals surface area (Å²) in [7, 11) is 5.89. The van der Waals surface area contributed by atoms with Crippen molar-refractivity contribution in [1.29, 1.82) is 0 Å². The van der Waals surface area contributed by atoms with Crippen LogP contribution in [0, 0.1) is 5.92 Å². The molecule has 0 bridgehead atoms. The maximum atomic E-state index is 5.83. The Morgan fingerprint density at radius 3 is 2.65 bits per heavy atom. The summed E-state index contributed by atoms with van der Waals surface area (Å²) in [6.45, 7) is 3.83. The fourth-order valence-electron chi connectivity index (χ4n) is 2.79. The Morgan fingerprint density at radius 2 is 2.05 bits per heavy atom. The van der Waals surface area contributed by atoms with Gasteiger partial charge in [-0.05, 0) is 45.0 Å². The van der Waals surface area contributed by atoms with E-state index in [2.05, 4.69) is 34.9 Å². The van der Waals surface area contributed by atoms with Gasteiger partial charge in [-0.2, -0.15) is 0 Å². The van der Waals surface area contributed by atoms with Crippen LogP contribution in [-0.4, -0.2) is 50.8 Å². The second kappa shape index (κ2) is 6.90. The molecule has 1 aliphatic heterocycles. The molecule has 2 rings (SSSR count). The number of methoxy groups -OCH3 is 1. The average molecular weight is 278 g/mol. The minimum atomic E-state index is 0.597. The lowest BCUT2D eigenvalue weighted by atomic mass is 9.97. The highest BCUT2D eigenvalue weighted by molar-refractivity contribution is 5.54. The standard InChI is InChI=1S/C15H26N4O/c1-18(2)10-13-14(4-5-15(16)17-13)19-8-6-12(7-9-19)11-20-3/h4-5,12H,6-11H2,1-3H3,(H2,16,17). The maximum absolute atomic E-state index is 5.83. The van der Waals surface area contributed by atoms with Gasteiger partial charge < -0.3 is 20.3 Å². The van der Waals surface area contributed by atoms with Crippen molar-refractivity contribution in [3.63, 3.8) is 0 Å². The molecular formula is C15H26N4O. The van der Waals surface area contributed by atoms with E-state index in [1.807, 2.05) is 6.07 Å². The van der Waals surface area contributed by atoms with Crippen LogP contribution in [0.4, 0.5) is 11.5 Å². The molecule has 1 aliphatic rings. The normalized spacial score (nSPS) is 16.9. The zero-order valence-corrected chi connectivity index (χ0v) is 12.8. The molecule has 1 saturated heterocycles. The molecular weight excluding hydrogens is 252 g/mol. The van der Waals surface area contributed by atoms with Crippen LogP contribution in [0.1, 0.15) is 18.5 Å². The van der Waals surface area contributed by atoms with E-state index in [-0.39, 0.29) is 0 Å². The van der Waals surface area contributed by atoms with Crippen molar-refractivity contribution in [3.05, 3.63) is 17.8 Å². The molecule has 0 radical (unpaired) electrons. The van der Waals surface area contributed by atoms with Gasteiger partial charge in [0.25, 0.3) is 0 Å². The predicted octanol–water partition coefficient (Wildman–Crippen LogP) is 1.59. The summed E-state index contributed by atoms with van der Waals surface area (Å²) in [5.74, 6) is 1.29. The molecule has 0 amide bonds. The fourth-order valence-corrected chi connectivity index (χ4v) is 2.79. The Bertz CT molecular complexity index is 428. The van der Waals surface area contributed by atoms with Crippen LogP contribution < -0.4 is 10.6 Å². The molecule has 5 heteroatoms. The van der Waals surface area contributed by atoms with Crippen molar-refractivity contribution in [2.24, 2.45) is 5.92 Å². The molecule has 0 atom stereocenters. The number of aromatic nitrogens is 1. The van der Waals surface area contributed by atoms with Crippen LogP contribution in [-0.2, 0) is 11.3 Å². The number of pyridine rings is 1. The molecule has 0 aromatic carbocycles. The summed E-state index contributed by atoms with van der Waals surface area (Å²) >= 11 is 0. The maximum Gasteiger partial charge on any atom is 0.123 e. The molecule has 1 aromatic rings. The Morgan fingerprint density at radius 1 is 1.35 bits per heavy atom. The highest BCUT2D eigenvalue weighted by Gasteiger charge is 2.21. The van der Waals surface area contributed by atoms with Crippen LogP contribution in [0.2, 0.25) is 0 Å². The lowest BCUT2D eigenvalue weighted by Crippen LogP contribution is -2.36. The Labute approximate surface area is 121 Å². The van der Waals surface area contributed by atoms with Crippen LogP contribution >= 0.6 is 0 Å². The van der Waals surface area contributed by atoms with Crippen molar-refractivity contribution < 1.29 is 4.74 Å². The summed E-state index contributed by atoms with van der Waals surface area (Å²) in [4.78, 5) is 9.07. The number of nitrogens with two attached hydrogens (primary N) is 1. The van der Waals surface area contributed by atoms with E-state index >= 15 is 0 Å². The summed E-state index contributed by atoms with van der Waals surface area (Å²) in [5, 5.41) is 0. The van der Waals surface area contributed by atoms with Gasteiger partial charge in [0.15, 0.2) is 0 Å². The molecule has 0 spiro atoms. The Hall–Kier alpha value is -1.33. The Kier molecular flexibility index (Phi) is 5.20. The van der Waals surface area contributed by atoms with Crippen LogP contribution in [0.5, 0.6) is 0 Å². The summed E-state index contributed by atoms with van der Waals surface area (Å²) in [6, 6.07) is 4.01. The second-order valence-electron chi connectivity index (χ2n) is 5.83. The summed E-state index contributed by atoms with van der Waals surface area (Å²) in [5.41, 5.74) is 8.13. The van der Waals surface area contributed by atoms with Gasteiger partial charge in [0.2, 0.25) is 0 Å². The molecule has 0 saturated carbocycles. The van der Waals surface area contributed by atoms with E-state index in [1.54, 1.807) is 7.11 Å². The van der Waals surface area contributed by atoms with Gasteiger partial charge in [-0.15, -0.1) is 0 Å². The minimum absolute atomic E-state index is 0.597. The molecule has 2 heterocycles. The van der Waals surface area contributed by atoms with Crippen molar-refractivity contribution >= 4 is 11.5 Å². The van der Waals surface area contributed by atoms with E-state index in [0.29, 0.717) is 11.7 Å². The molecule has 20 heavy (non-hydrogen) atoms. The first-order valence-electron chi connectivity index (χ1n) is 7.24. The van der Waals surface area contributed by atoms with Gasteiger partial charge >= 0.3 is 0 Å². The monoisotopic (exact) mass is 278 g/mol. The van der Waals surface area contributed by atoms with Gasteiger partial charge in [0, 0.05) is 33.4 Å². The number of piperidine rings is 1. The second-order valence-corrected chi connectivity index (χ2v) is 5.83. The van der Waals surface area contributed by atoms with Crippen molar-refractivity contribution in [2.45, 2.75) is 19.4 Å². The number of nitrogen functional groups attached to an aromatic ring is 1. The van der Waals surface area contributed by atoms with Gasteiger partial charge in [-0.1, -0.05) is 0 Å². The lowest BCUT2D eigenvalue weighted by molar-refractivity contribution is 0.139. The topological polar surface area (TPSA) is 54.6 Å². The lowest BCUT2D eigenvalue weighted by Gasteiger charge is -2.34. The number of hydrogen-bond donors (Lipinski definition) is 1. The highest BCUT2D eigenvalue weighted by atomic mass is 16.5. The smallest absolute Gasteiger partial charge is 0.123 e. The minimum Gasteiger partial charge on any atom is -0.384 e. The van der Waals surface area contributed by atoms with Gasteiger partial charge in [-0.25, -0.2) is 4.98 Å². The van der Waals surface area contributed by atoms with Gasteiger partial charge in [-0.3, -0.25) is 0 Å². The molecule has 0 aliphatic carbocycles. The van der Waals surface area contributed by atoms with Crippen LogP contribution in [0.3, 0.4) is 0 Å². The van der Waals surface area contributed by atoms with Gasteiger partial charge in [0.1, 0.15) is 5.82 Å². The quantitative estimate of drug-likeness (QED) is 0.886. The zero-order valence-electron chi connectivity index (χ0n) is 12.8. The first-order valence-corrected chi connectivity index (χ1v) is 7.24. The number of rotatable bonds is 5. The number of nitrogens with zero attached hydrogens (tertiary/aromatic N) is 3. The SMILES string of the molecule is COCC1CCN(c2ccc(N)nc2CN(C)C)CC1. The highest BCUT2D eigenvalue weighted by Crippen LogP contribution is 2.27. The predicted molar refractivity (Wildman–Crippen MR) is 82.9 cm³/mol. The van der Waals surface area contributed by atoms with Crippen molar-refractivity contribution in [3.8, 4) is 0 Å². The van der Waals surface area contributed by atoms with Crippen molar-refractivity contribution in [2.75, 3.05) is 51.5 Å². The number of anilines is 2. The van der Waals surface area contributed by atoms with E-state index in [1.165, 1.54) is 18.5 Å². The summed E-state index contributed by atoms with van der Waals surface area (Å²) in [6.07, 6.45) is 2.36. The molecule has 112 valence electrons. The average Bonchev–Trinajstić information content (AvgIpc) is 2.40. The van der Waals surface area contributed by atoms with Crippen LogP contribution in [0.25, 0.3) is 0 Å². The van der Waals surface area contributed by atoms with E-state index in [9.17, 15) is 0 Å². The largest absolute Gasteiger partial charge is 0.384 e. The summed E-state index contributed by atoms with van der Waals surface area (Å²) < 4.78 is 5.26. The fraction of sp³-hybridized carbons (Fsp3) is 0.667. The molecule has 1 fully saturated rings. The van der Waals surface area contributed by atoms with E-state index in [0.717, 1.165) is 31.9 Å². The van der Waals surface area contributed by atoms with Gasteiger partial charge in [0.05, 0.1) is 11.4 Å². The van der Waals surface area contributed by atoms with E-state index in [4.69, 9.17) is 10.5 Å². The third kappa shape index (κ3) is 3.84. The van der Waals surface area contributed by atoms with E-state index < -0.39 is 0 Å². The molecule has 5 nitrogen and oxygen atoms in total.